The summed E-state index contributed by atoms with van der Waals surface area (Å²) in [5, 5.41) is 3.10. The first-order valence-corrected chi connectivity index (χ1v) is 9.94. The number of aromatic nitrogens is 4. The Labute approximate surface area is 175 Å². The quantitative estimate of drug-likeness (QED) is 0.644. The fourth-order valence-corrected chi connectivity index (χ4v) is 3.28. The van der Waals surface area contributed by atoms with Crippen molar-refractivity contribution < 1.29 is 14.3 Å². The van der Waals surface area contributed by atoms with E-state index in [1.165, 1.54) is 0 Å². The molecule has 0 aliphatic heterocycles. The van der Waals surface area contributed by atoms with Crippen LogP contribution in [0.15, 0.2) is 30.9 Å². The molecule has 2 amide bonds. The molecule has 3 aromatic rings. The number of fused-ring (bicyclic) bond motifs is 1. The molecule has 0 spiro atoms. The Balaban J connectivity index is 1.66. The number of hydrogen-bond acceptors (Lipinski definition) is 6. The molecular formula is C21H26N6O3. The second kappa shape index (κ2) is 7.81. The number of urea groups is 1. The summed E-state index contributed by atoms with van der Waals surface area (Å²) >= 11 is 0. The Morgan fingerprint density at radius 1 is 1.30 bits per heavy atom. The minimum Gasteiger partial charge on any atom is -0.494 e. The molecule has 1 saturated carbocycles. The van der Waals surface area contributed by atoms with Crippen molar-refractivity contribution in [3.63, 3.8) is 0 Å². The van der Waals surface area contributed by atoms with Gasteiger partial charge in [0.25, 0.3) is 5.88 Å². The van der Waals surface area contributed by atoms with E-state index in [-0.39, 0.29) is 11.6 Å². The standard InChI is InChI=1S/C21H26N6O3/c1-5-26(20(28)25-21(2)6-7-21)12-14-10-15(17(29-3)11-23-14)16-13-27-9-8-22-18(27)19(24-16)30-4/h8-11,13H,5-7,12H2,1-4H3,(H,25,28). The second-order valence-corrected chi connectivity index (χ2v) is 7.67. The Morgan fingerprint density at radius 2 is 2.10 bits per heavy atom. The maximum atomic E-state index is 12.6. The van der Waals surface area contributed by atoms with Gasteiger partial charge in [-0.05, 0) is 32.8 Å². The van der Waals surface area contributed by atoms with Crippen LogP contribution in [0.25, 0.3) is 16.9 Å². The second-order valence-electron chi connectivity index (χ2n) is 7.67. The topological polar surface area (TPSA) is 93.9 Å². The van der Waals surface area contributed by atoms with Crippen LogP contribution in [0.4, 0.5) is 4.79 Å². The molecule has 158 valence electrons. The molecule has 0 aromatic carbocycles. The molecule has 4 rings (SSSR count). The number of rotatable bonds is 7. The predicted molar refractivity (Wildman–Crippen MR) is 112 cm³/mol. The summed E-state index contributed by atoms with van der Waals surface area (Å²) in [4.78, 5) is 27.7. The number of hydrogen-bond donors (Lipinski definition) is 1. The summed E-state index contributed by atoms with van der Waals surface area (Å²) in [7, 11) is 3.16. The molecule has 1 aliphatic rings. The maximum Gasteiger partial charge on any atom is 0.318 e. The van der Waals surface area contributed by atoms with Crippen LogP contribution >= 0.6 is 0 Å². The van der Waals surface area contributed by atoms with Gasteiger partial charge in [-0.15, -0.1) is 0 Å². The average Bonchev–Trinajstić information content (AvgIpc) is 3.28. The zero-order valence-corrected chi connectivity index (χ0v) is 17.7. The lowest BCUT2D eigenvalue weighted by atomic mass is 10.1. The highest BCUT2D eigenvalue weighted by Gasteiger charge is 2.39. The Hall–Kier alpha value is -3.36. The molecule has 0 unspecified atom stereocenters. The van der Waals surface area contributed by atoms with Gasteiger partial charge in [0.2, 0.25) is 0 Å². The zero-order chi connectivity index (χ0) is 21.3. The number of carbonyl (C=O) groups is 1. The number of nitrogens with zero attached hydrogens (tertiary/aromatic N) is 5. The van der Waals surface area contributed by atoms with Crippen molar-refractivity contribution in [1.29, 1.82) is 0 Å². The van der Waals surface area contributed by atoms with Crippen molar-refractivity contribution in [2.24, 2.45) is 0 Å². The van der Waals surface area contributed by atoms with Crippen molar-refractivity contribution in [1.82, 2.24) is 29.6 Å². The van der Waals surface area contributed by atoms with Crippen LogP contribution in [-0.4, -0.2) is 56.6 Å². The van der Waals surface area contributed by atoms with Gasteiger partial charge in [0.1, 0.15) is 5.75 Å². The Bertz CT molecular complexity index is 1080. The largest absolute Gasteiger partial charge is 0.494 e. The van der Waals surface area contributed by atoms with Crippen LogP contribution in [0.2, 0.25) is 0 Å². The molecule has 0 radical (unpaired) electrons. The van der Waals surface area contributed by atoms with Crippen molar-refractivity contribution >= 4 is 11.7 Å². The molecule has 3 aromatic heterocycles. The van der Waals surface area contributed by atoms with E-state index in [9.17, 15) is 4.79 Å². The highest BCUT2D eigenvalue weighted by Crippen LogP contribution is 2.34. The lowest BCUT2D eigenvalue weighted by Gasteiger charge is -2.24. The monoisotopic (exact) mass is 410 g/mol. The van der Waals surface area contributed by atoms with E-state index in [2.05, 4.69) is 27.2 Å². The third-order valence-electron chi connectivity index (χ3n) is 5.39. The normalized spacial score (nSPS) is 14.4. The van der Waals surface area contributed by atoms with Crippen LogP contribution in [0.1, 0.15) is 32.4 Å². The van der Waals surface area contributed by atoms with E-state index in [1.807, 2.05) is 29.8 Å². The highest BCUT2D eigenvalue weighted by atomic mass is 16.5. The molecule has 9 nitrogen and oxygen atoms in total. The molecule has 0 atom stereocenters. The third-order valence-corrected chi connectivity index (χ3v) is 5.39. The molecule has 3 heterocycles. The van der Waals surface area contributed by atoms with Gasteiger partial charge in [-0.25, -0.2) is 14.8 Å². The molecule has 0 bridgehead atoms. The predicted octanol–water partition coefficient (Wildman–Crippen LogP) is 2.89. The molecular weight excluding hydrogens is 384 g/mol. The molecule has 1 aliphatic carbocycles. The number of pyridine rings is 1. The van der Waals surface area contributed by atoms with E-state index in [4.69, 9.17) is 9.47 Å². The van der Waals surface area contributed by atoms with E-state index in [1.54, 1.807) is 31.5 Å². The summed E-state index contributed by atoms with van der Waals surface area (Å²) in [6, 6.07) is 1.83. The maximum absolute atomic E-state index is 12.6. The van der Waals surface area contributed by atoms with Gasteiger partial charge in [0.15, 0.2) is 5.65 Å². The van der Waals surface area contributed by atoms with Crippen molar-refractivity contribution in [2.45, 2.75) is 38.8 Å². The lowest BCUT2D eigenvalue weighted by molar-refractivity contribution is 0.193. The summed E-state index contributed by atoms with van der Waals surface area (Å²) in [5.74, 6) is 1.01. The summed E-state index contributed by atoms with van der Waals surface area (Å²) in [6.45, 7) is 4.99. The fourth-order valence-electron chi connectivity index (χ4n) is 3.28. The van der Waals surface area contributed by atoms with Crippen molar-refractivity contribution in [3.8, 4) is 22.9 Å². The Morgan fingerprint density at radius 3 is 2.77 bits per heavy atom. The molecule has 1 N–H and O–H groups in total. The van der Waals surface area contributed by atoms with E-state index in [0.29, 0.717) is 36.1 Å². The molecule has 30 heavy (non-hydrogen) atoms. The van der Waals surface area contributed by atoms with Gasteiger partial charge >= 0.3 is 6.03 Å². The van der Waals surface area contributed by atoms with Crippen LogP contribution in [0, 0.1) is 0 Å². The summed E-state index contributed by atoms with van der Waals surface area (Å²) < 4.78 is 12.8. The average molecular weight is 410 g/mol. The molecule has 9 heteroatoms. The van der Waals surface area contributed by atoms with Crippen LogP contribution in [0.5, 0.6) is 11.6 Å². The highest BCUT2D eigenvalue weighted by molar-refractivity contribution is 5.75. The van der Waals surface area contributed by atoms with Gasteiger partial charge in [-0.3, -0.25) is 4.98 Å². The van der Waals surface area contributed by atoms with E-state index >= 15 is 0 Å². The molecule has 1 fully saturated rings. The van der Waals surface area contributed by atoms with E-state index in [0.717, 1.165) is 24.1 Å². The minimum absolute atomic E-state index is 0.0658. The van der Waals surface area contributed by atoms with Crippen molar-refractivity contribution in [3.05, 3.63) is 36.5 Å². The SMILES string of the molecule is CCN(Cc1cc(-c2cn3ccnc3c(OC)n2)c(OC)cn1)C(=O)NC1(C)CC1. The smallest absolute Gasteiger partial charge is 0.318 e. The van der Waals surface area contributed by atoms with Gasteiger partial charge in [-0.2, -0.15) is 0 Å². The minimum atomic E-state index is -0.0729. The lowest BCUT2D eigenvalue weighted by Crippen LogP contribution is -2.44. The van der Waals surface area contributed by atoms with Gasteiger partial charge in [0, 0.05) is 36.2 Å². The number of imidazole rings is 1. The van der Waals surface area contributed by atoms with Crippen molar-refractivity contribution in [2.75, 3.05) is 20.8 Å². The molecule has 0 saturated heterocycles. The number of carbonyl (C=O) groups excluding carboxylic acids is 1. The number of ether oxygens (including phenoxy) is 2. The fraction of sp³-hybridized carbons (Fsp3) is 0.429. The van der Waals surface area contributed by atoms with Crippen LogP contribution < -0.4 is 14.8 Å². The summed E-state index contributed by atoms with van der Waals surface area (Å²) in [5.41, 5.74) is 2.74. The Kier molecular flexibility index (Phi) is 5.19. The van der Waals surface area contributed by atoms with Gasteiger partial charge in [0.05, 0.1) is 38.3 Å². The van der Waals surface area contributed by atoms with E-state index < -0.39 is 0 Å². The van der Waals surface area contributed by atoms with Gasteiger partial charge < -0.3 is 24.1 Å². The number of amides is 2. The third kappa shape index (κ3) is 3.87. The first kappa shape index (κ1) is 19.9. The first-order valence-electron chi connectivity index (χ1n) is 9.94. The number of methoxy groups -OCH3 is 2. The van der Waals surface area contributed by atoms with Crippen LogP contribution in [-0.2, 0) is 6.54 Å². The van der Waals surface area contributed by atoms with Gasteiger partial charge in [-0.1, -0.05) is 0 Å². The summed E-state index contributed by atoms with van der Waals surface area (Å²) in [6.07, 6.45) is 9.09. The van der Waals surface area contributed by atoms with Crippen LogP contribution in [0.3, 0.4) is 0 Å². The first-order chi connectivity index (χ1) is 14.5. The zero-order valence-electron chi connectivity index (χ0n) is 17.7. The number of nitrogens with one attached hydrogen (secondary N) is 1.